The third kappa shape index (κ3) is 4.36. The van der Waals surface area contributed by atoms with Gasteiger partial charge in [-0.05, 0) is 54.8 Å². The summed E-state index contributed by atoms with van der Waals surface area (Å²) in [4.78, 5) is 25.9. The Morgan fingerprint density at radius 3 is 2.42 bits per heavy atom. The van der Waals surface area contributed by atoms with Gasteiger partial charge in [-0.25, -0.2) is 0 Å². The van der Waals surface area contributed by atoms with E-state index < -0.39 is 11.7 Å². The molecule has 4 aromatic rings. The summed E-state index contributed by atoms with van der Waals surface area (Å²) in [7, 11) is 1.62. The molecule has 0 fully saturated rings. The lowest BCUT2D eigenvalue weighted by Crippen LogP contribution is -2.33. The van der Waals surface area contributed by atoms with E-state index in [2.05, 4.69) is 5.32 Å². The number of hydrogen-bond donors (Lipinski definition) is 1. The van der Waals surface area contributed by atoms with Crippen molar-refractivity contribution in [3.8, 4) is 16.9 Å². The number of nitrogens with zero attached hydrogens (tertiary/aromatic N) is 1. The van der Waals surface area contributed by atoms with Gasteiger partial charge in [-0.15, -0.1) is 0 Å². The second-order valence-corrected chi connectivity index (χ2v) is 7.45. The van der Waals surface area contributed by atoms with Gasteiger partial charge in [0, 0.05) is 23.8 Å². The number of aryl methyl sites for hydroxylation is 1. The van der Waals surface area contributed by atoms with Gasteiger partial charge in [-0.1, -0.05) is 48.0 Å². The Morgan fingerprint density at radius 1 is 0.968 bits per heavy atom. The van der Waals surface area contributed by atoms with E-state index in [4.69, 9.17) is 4.74 Å². The van der Waals surface area contributed by atoms with Crippen molar-refractivity contribution < 1.29 is 14.3 Å². The molecule has 0 saturated carbocycles. The van der Waals surface area contributed by atoms with E-state index in [9.17, 15) is 9.59 Å². The van der Waals surface area contributed by atoms with Crippen molar-refractivity contribution in [2.75, 3.05) is 13.7 Å². The molecule has 2 aromatic heterocycles. The Bertz CT molecular complexity index is 1220. The van der Waals surface area contributed by atoms with E-state index in [0.29, 0.717) is 18.7 Å². The average Bonchev–Trinajstić information content (AvgIpc) is 3.19. The third-order valence-electron chi connectivity index (χ3n) is 5.32. The first-order valence-electron chi connectivity index (χ1n) is 10.2. The number of hydrogen-bond acceptors (Lipinski definition) is 3. The van der Waals surface area contributed by atoms with Gasteiger partial charge in [-0.2, -0.15) is 0 Å². The van der Waals surface area contributed by atoms with E-state index in [1.165, 1.54) is 0 Å². The SMILES string of the molecule is COc1ccc(CCNC(=O)C(=O)c2c(-c3ccc(C)cc3)cc3ccccn23)cc1. The van der Waals surface area contributed by atoms with Gasteiger partial charge in [0.25, 0.3) is 11.7 Å². The average molecular weight is 412 g/mol. The molecule has 0 aliphatic carbocycles. The largest absolute Gasteiger partial charge is 0.497 e. The highest BCUT2D eigenvalue weighted by Crippen LogP contribution is 2.28. The summed E-state index contributed by atoms with van der Waals surface area (Å²) in [6.07, 6.45) is 2.44. The van der Waals surface area contributed by atoms with Crippen molar-refractivity contribution in [3.63, 3.8) is 0 Å². The smallest absolute Gasteiger partial charge is 0.294 e. The predicted molar refractivity (Wildman–Crippen MR) is 122 cm³/mol. The molecule has 156 valence electrons. The maximum atomic E-state index is 13.2. The lowest BCUT2D eigenvalue weighted by Gasteiger charge is -2.08. The fourth-order valence-corrected chi connectivity index (χ4v) is 3.61. The summed E-state index contributed by atoms with van der Waals surface area (Å²) in [5.41, 5.74) is 5.10. The zero-order valence-corrected chi connectivity index (χ0v) is 17.6. The van der Waals surface area contributed by atoms with Gasteiger partial charge in [0.05, 0.1) is 7.11 Å². The second-order valence-electron chi connectivity index (χ2n) is 7.45. The standard InChI is InChI=1S/C26H24N2O3/c1-18-6-10-20(11-7-18)23-17-21-5-3-4-16-28(21)24(23)25(29)26(30)27-15-14-19-8-12-22(31-2)13-9-19/h3-13,16-17H,14-15H2,1-2H3,(H,27,30). The first-order chi connectivity index (χ1) is 15.1. The summed E-state index contributed by atoms with van der Waals surface area (Å²) < 4.78 is 6.94. The maximum absolute atomic E-state index is 13.2. The fourth-order valence-electron chi connectivity index (χ4n) is 3.61. The molecular formula is C26H24N2O3. The molecule has 1 N–H and O–H groups in total. The maximum Gasteiger partial charge on any atom is 0.294 e. The van der Waals surface area contributed by atoms with Crippen LogP contribution in [-0.2, 0) is 11.2 Å². The van der Waals surface area contributed by atoms with Crippen LogP contribution in [0.3, 0.4) is 0 Å². The normalized spacial score (nSPS) is 10.8. The first-order valence-corrected chi connectivity index (χ1v) is 10.2. The molecule has 4 rings (SSSR count). The van der Waals surface area contributed by atoms with Crippen LogP contribution in [0.2, 0.25) is 0 Å². The molecule has 31 heavy (non-hydrogen) atoms. The van der Waals surface area contributed by atoms with Gasteiger partial charge in [0.1, 0.15) is 11.4 Å². The number of carbonyl (C=O) groups is 2. The molecular weight excluding hydrogens is 388 g/mol. The van der Waals surface area contributed by atoms with E-state index in [1.54, 1.807) is 11.5 Å². The van der Waals surface area contributed by atoms with Crippen molar-refractivity contribution in [2.24, 2.45) is 0 Å². The Labute approximate surface area is 181 Å². The number of carbonyl (C=O) groups excluding carboxylic acids is 2. The highest BCUT2D eigenvalue weighted by molar-refractivity contribution is 6.43. The van der Waals surface area contributed by atoms with Crippen LogP contribution in [0.5, 0.6) is 5.75 Å². The lowest BCUT2D eigenvalue weighted by molar-refractivity contribution is -0.117. The minimum Gasteiger partial charge on any atom is -0.497 e. The minimum absolute atomic E-state index is 0.375. The summed E-state index contributed by atoms with van der Waals surface area (Å²) in [5.74, 6) is -0.367. The number of fused-ring (bicyclic) bond motifs is 1. The number of ether oxygens (including phenoxy) is 1. The molecule has 0 atom stereocenters. The van der Waals surface area contributed by atoms with Gasteiger partial charge >= 0.3 is 0 Å². The van der Waals surface area contributed by atoms with Gasteiger partial charge in [0.2, 0.25) is 0 Å². The second kappa shape index (κ2) is 8.88. The Balaban J connectivity index is 1.55. The van der Waals surface area contributed by atoms with Crippen LogP contribution in [0.25, 0.3) is 16.6 Å². The van der Waals surface area contributed by atoms with E-state index in [0.717, 1.165) is 33.5 Å². The number of aromatic nitrogens is 1. The Hall–Kier alpha value is -3.86. The molecule has 5 heteroatoms. The fraction of sp³-hybridized carbons (Fsp3) is 0.154. The number of methoxy groups -OCH3 is 1. The molecule has 2 heterocycles. The summed E-state index contributed by atoms with van der Waals surface area (Å²) in [6, 6.07) is 23.2. The number of Topliss-reactive ketones (excluding diaryl/α,β-unsaturated/α-hetero) is 1. The molecule has 0 aliphatic heterocycles. The van der Waals surface area contributed by atoms with Crippen LogP contribution in [0.4, 0.5) is 0 Å². The minimum atomic E-state index is -0.606. The van der Waals surface area contributed by atoms with E-state index in [1.807, 2.05) is 85.9 Å². The first kappa shape index (κ1) is 20.4. The van der Waals surface area contributed by atoms with Gasteiger partial charge < -0.3 is 14.5 Å². The van der Waals surface area contributed by atoms with Gasteiger partial charge in [-0.3, -0.25) is 9.59 Å². The summed E-state index contributed by atoms with van der Waals surface area (Å²) in [5, 5.41) is 2.77. The number of nitrogens with one attached hydrogen (secondary N) is 1. The molecule has 0 spiro atoms. The van der Waals surface area contributed by atoms with Crippen molar-refractivity contribution >= 4 is 17.2 Å². The number of rotatable bonds is 7. The summed E-state index contributed by atoms with van der Waals surface area (Å²) in [6.45, 7) is 2.39. The Morgan fingerprint density at radius 2 is 1.71 bits per heavy atom. The van der Waals surface area contributed by atoms with Crippen molar-refractivity contribution in [1.29, 1.82) is 0 Å². The van der Waals surface area contributed by atoms with E-state index in [-0.39, 0.29) is 0 Å². The zero-order chi connectivity index (χ0) is 21.8. The molecule has 0 radical (unpaired) electrons. The van der Waals surface area contributed by atoms with Crippen molar-refractivity contribution in [3.05, 3.63) is 95.8 Å². The molecule has 2 aromatic carbocycles. The van der Waals surface area contributed by atoms with Crippen molar-refractivity contribution in [1.82, 2.24) is 9.72 Å². The predicted octanol–water partition coefficient (Wildman–Crippen LogP) is 4.46. The molecule has 0 aliphatic rings. The highest BCUT2D eigenvalue weighted by atomic mass is 16.5. The lowest BCUT2D eigenvalue weighted by atomic mass is 10.0. The van der Waals surface area contributed by atoms with Crippen LogP contribution in [-0.4, -0.2) is 29.7 Å². The van der Waals surface area contributed by atoms with Gasteiger partial charge in [0.15, 0.2) is 0 Å². The Kier molecular flexibility index (Phi) is 5.85. The molecule has 0 bridgehead atoms. The number of ketones is 1. The van der Waals surface area contributed by atoms with Crippen LogP contribution >= 0.6 is 0 Å². The molecule has 0 saturated heterocycles. The topological polar surface area (TPSA) is 59.8 Å². The van der Waals surface area contributed by atoms with E-state index >= 15 is 0 Å². The summed E-state index contributed by atoms with van der Waals surface area (Å²) >= 11 is 0. The third-order valence-corrected chi connectivity index (χ3v) is 5.32. The molecule has 0 unspecified atom stereocenters. The van der Waals surface area contributed by atoms with Crippen LogP contribution in [0.1, 0.15) is 21.6 Å². The van der Waals surface area contributed by atoms with Crippen LogP contribution in [0, 0.1) is 6.92 Å². The zero-order valence-electron chi connectivity index (χ0n) is 17.6. The van der Waals surface area contributed by atoms with Crippen LogP contribution in [0.15, 0.2) is 79.0 Å². The number of pyridine rings is 1. The molecule has 1 amide bonds. The number of amides is 1. The quantitative estimate of drug-likeness (QED) is 0.360. The van der Waals surface area contributed by atoms with Crippen molar-refractivity contribution in [2.45, 2.75) is 13.3 Å². The monoisotopic (exact) mass is 412 g/mol. The molecule has 5 nitrogen and oxygen atoms in total. The highest BCUT2D eigenvalue weighted by Gasteiger charge is 2.24. The number of benzene rings is 2. The van der Waals surface area contributed by atoms with Crippen LogP contribution < -0.4 is 10.1 Å².